The molecule has 0 saturated heterocycles. The Morgan fingerprint density at radius 2 is 2.30 bits per heavy atom. The summed E-state index contributed by atoms with van der Waals surface area (Å²) in [4.78, 5) is 9.01. The summed E-state index contributed by atoms with van der Waals surface area (Å²) >= 11 is 13.5. The molecule has 0 saturated carbocycles. The van der Waals surface area contributed by atoms with E-state index in [1.165, 1.54) is 4.88 Å². The minimum Gasteiger partial charge on any atom is -0.331 e. The molecule has 0 amide bonds. The van der Waals surface area contributed by atoms with Gasteiger partial charge in [-0.25, -0.2) is 4.98 Å². The molecule has 0 spiro atoms. The maximum Gasteiger partial charge on any atom is 0.178 e. The Labute approximate surface area is 131 Å². The van der Waals surface area contributed by atoms with Crippen LogP contribution >= 0.6 is 35.2 Å². The van der Waals surface area contributed by atoms with Gasteiger partial charge in [0, 0.05) is 11.1 Å². The number of nitrogens with one attached hydrogen (secondary N) is 1. The van der Waals surface area contributed by atoms with Gasteiger partial charge in [-0.2, -0.15) is 0 Å². The number of nitrogens with zero attached hydrogens (tertiary/aromatic N) is 2. The van der Waals surface area contributed by atoms with E-state index in [-0.39, 0.29) is 6.04 Å². The van der Waals surface area contributed by atoms with E-state index in [4.69, 9.17) is 23.8 Å². The second-order valence-corrected chi connectivity index (χ2v) is 6.57. The summed E-state index contributed by atoms with van der Waals surface area (Å²) in [5.74, 6) is 0. The van der Waals surface area contributed by atoms with Crippen molar-refractivity contribution in [3.05, 3.63) is 44.1 Å². The van der Waals surface area contributed by atoms with Crippen LogP contribution in [0.5, 0.6) is 0 Å². The van der Waals surface area contributed by atoms with Gasteiger partial charge in [0.05, 0.1) is 22.1 Å². The third-order valence-corrected chi connectivity index (χ3v) is 5.27. The number of aromatic amines is 1. The molecule has 104 valence electrons. The molecule has 3 aromatic rings. The Balaban J connectivity index is 2.18. The third kappa shape index (κ3) is 2.20. The lowest BCUT2D eigenvalue weighted by Gasteiger charge is -2.12. The predicted octanol–water partition coefficient (Wildman–Crippen LogP) is 4.98. The summed E-state index contributed by atoms with van der Waals surface area (Å²) in [6.45, 7) is 4.24. The first-order valence-corrected chi connectivity index (χ1v) is 8.05. The second-order valence-electron chi connectivity index (χ2n) is 4.63. The van der Waals surface area contributed by atoms with Gasteiger partial charge < -0.3 is 9.55 Å². The highest BCUT2D eigenvalue weighted by molar-refractivity contribution is 7.71. The zero-order valence-electron chi connectivity index (χ0n) is 11.2. The topological polar surface area (TPSA) is 33.6 Å². The van der Waals surface area contributed by atoms with Gasteiger partial charge in [0.15, 0.2) is 4.77 Å². The Kier molecular flexibility index (Phi) is 3.67. The van der Waals surface area contributed by atoms with Crippen molar-refractivity contribution < 1.29 is 0 Å². The van der Waals surface area contributed by atoms with Crippen LogP contribution < -0.4 is 0 Å². The van der Waals surface area contributed by atoms with Crippen LogP contribution in [0.1, 0.15) is 29.8 Å². The monoisotopic (exact) mass is 323 g/mol. The van der Waals surface area contributed by atoms with Crippen LogP contribution in [0, 0.1) is 4.77 Å². The normalized spacial score (nSPS) is 12.9. The number of benzene rings is 1. The molecule has 0 aliphatic carbocycles. The maximum absolute atomic E-state index is 6.34. The number of aryl methyl sites for hydroxylation is 1. The van der Waals surface area contributed by atoms with E-state index in [1.54, 1.807) is 11.3 Å². The highest BCUT2D eigenvalue weighted by atomic mass is 35.5. The number of thiazole rings is 1. The molecule has 2 aromatic heterocycles. The van der Waals surface area contributed by atoms with Crippen molar-refractivity contribution in [2.45, 2.75) is 26.3 Å². The fraction of sp³-hybridized carbons (Fsp3) is 0.286. The number of imidazole rings is 1. The van der Waals surface area contributed by atoms with Gasteiger partial charge in [-0.05, 0) is 37.7 Å². The lowest BCUT2D eigenvalue weighted by Crippen LogP contribution is -2.06. The summed E-state index contributed by atoms with van der Waals surface area (Å²) in [6.07, 6.45) is 2.95. The van der Waals surface area contributed by atoms with Crippen LogP contribution in [-0.4, -0.2) is 14.5 Å². The highest BCUT2D eigenvalue weighted by Crippen LogP contribution is 2.30. The molecule has 0 bridgehead atoms. The van der Waals surface area contributed by atoms with E-state index >= 15 is 0 Å². The molecule has 0 aliphatic rings. The largest absolute Gasteiger partial charge is 0.331 e. The lowest BCUT2D eigenvalue weighted by atomic mass is 10.3. The minimum absolute atomic E-state index is 0.0708. The lowest BCUT2D eigenvalue weighted by molar-refractivity contribution is 0.645. The zero-order valence-corrected chi connectivity index (χ0v) is 13.6. The first-order chi connectivity index (χ1) is 9.61. The Hall–Kier alpha value is -1.17. The van der Waals surface area contributed by atoms with Crippen LogP contribution in [-0.2, 0) is 6.42 Å². The van der Waals surface area contributed by atoms with Crippen molar-refractivity contribution in [3.8, 4) is 0 Å². The standard InChI is InChI=1S/C14H14ClN3S2/c1-3-9-7-16-13(20-9)8(2)18-12-10(15)5-4-6-11(12)17-14(18)19/h4-8H,3H2,1-2H3,(H,17,19). The SMILES string of the molecule is CCc1cnc(C(C)n2c(=S)[nH]c3cccc(Cl)c32)s1. The van der Waals surface area contributed by atoms with Crippen LogP contribution in [0.3, 0.4) is 0 Å². The van der Waals surface area contributed by atoms with Crippen molar-refractivity contribution in [1.82, 2.24) is 14.5 Å². The van der Waals surface area contributed by atoms with Crippen LogP contribution in [0.15, 0.2) is 24.4 Å². The molecule has 3 rings (SSSR count). The molecule has 1 aromatic carbocycles. The average molecular weight is 324 g/mol. The zero-order chi connectivity index (χ0) is 14.3. The van der Waals surface area contributed by atoms with Crippen molar-refractivity contribution >= 4 is 46.2 Å². The quantitative estimate of drug-likeness (QED) is 0.690. The van der Waals surface area contributed by atoms with Gasteiger partial charge in [-0.1, -0.05) is 24.6 Å². The van der Waals surface area contributed by atoms with Crippen molar-refractivity contribution in [3.63, 3.8) is 0 Å². The molecule has 1 atom stereocenters. The number of rotatable bonds is 3. The number of fused-ring (bicyclic) bond motifs is 1. The number of H-pyrrole nitrogens is 1. The number of hydrogen-bond acceptors (Lipinski definition) is 3. The van der Waals surface area contributed by atoms with Gasteiger partial charge in [0.1, 0.15) is 5.01 Å². The predicted molar refractivity (Wildman–Crippen MR) is 87.4 cm³/mol. The summed E-state index contributed by atoms with van der Waals surface area (Å²) < 4.78 is 2.72. The van der Waals surface area contributed by atoms with Crippen molar-refractivity contribution in [2.24, 2.45) is 0 Å². The molecule has 0 aliphatic heterocycles. The Bertz CT molecular complexity index is 815. The summed E-state index contributed by atoms with van der Waals surface area (Å²) in [6, 6.07) is 5.86. The number of halogens is 1. The van der Waals surface area contributed by atoms with Crippen molar-refractivity contribution in [2.75, 3.05) is 0 Å². The van der Waals surface area contributed by atoms with Crippen LogP contribution in [0.25, 0.3) is 11.0 Å². The molecule has 1 N–H and O–H groups in total. The smallest absolute Gasteiger partial charge is 0.178 e. The van der Waals surface area contributed by atoms with Crippen molar-refractivity contribution in [1.29, 1.82) is 0 Å². The average Bonchev–Trinajstić information content (AvgIpc) is 3.02. The minimum atomic E-state index is 0.0708. The molecule has 0 radical (unpaired) electrons. The van der Waals surface area contributed by atoms with Gasteiger partial charge in [0.25, 0.3) is 0 Å². The summed E-state index contributed by atoms with van der Waals surface area (Å²) in [5, 5.41) is 1.76. The Morgan fingerprint density at radius 3 is 3.00 bits per heavy atom. The molecule has 6 heteroatoms. The molecular weight excluding hydrogens is 310 g/mol. The van der Waals surface area contributed by atoms with E-state index in [0.29, 0.717) is 9.79 Å². The molecule has 1 unspecified atom stereocenters. The van der Waals surface area contributed by atoms with E-state index in [9.17, 15) is 0 Å². The molecular formula is C14H14ClN3S2. The van der Waals surface area contributed by atoms with E-state index < -0.39 is 0 Å². The molecule has 2 heterocycles. The fourth-order valence-electron chi connectivity index (χ4n) is 2.30. The first kappa shape index (κ1) is 13.8. The molecule has 0 fully saturated rings. The third-order valence-electron chi connectivity index (χ3n) is 3.35. The number of para-hydroxylation sites is 1. The second kappa shape index (κ2) is 5.31. The summed E-state index contributed by atoms with van der Waals surface area (Å²) in [7, 11) is 0. The van der Waals surface area contributed by atoms with Crippen LogP contribution in [0.4, 0.5) is 0 Å². The maximum atomic E-state index is 6.34. The summed E-state index contributed by atoms with van der Waals surface area (Å²) in [5.41, 5.74) is 1.90. The van der Waals surface area contributed by atoms with Gasteiger partial charge in [0.2, 0.25) is 0 Å². The number of hydrogen-bond donors (Lipinski definition) is 1. The molecule has 20 heavy (non-hydrogen) atoms. The van der Waals surface area contributed by atoms with E-state index in [2.05, 4.69) is 23.8 Å². The Morgan fingerprint density at radius 1 is 1.50 bits per heavy atom. The first-order valence-electron chi connectivity index (χ1n) is 6.45. The van der Waals surface area contributed by atoms with Gasteiger partial charge in [-0.3, -0.25) is 0 Å². The van der Waals surface area contributed by atoms with E-state index in [0.717, 1.165) is 22.5 Å². The van der Waals surface area contributed by atoms with Crippen LogP contribution in [0.2, 0.25) is 5.02 Å². The highest BCUT2D eigenvalue weighted by Gasteiger charge is 2.17. The fourth-order valence-corrected chi connectivity index (χ4v) is 3.82. The molecule has 3 nitrogen and oxygen atoms in total. The number of aromatic nitrogens is 3. The van der Waals surface area contributed by atoms with Gasteiger partial charge >= 0.3 is 0 Å². The van der Waals surface area contributed by atoms with Gasteiger partial charge in [-0.15, -0.1) is 11.3 Å². The van der Waals surface area contributed by atoms with E-state index in [1.807, 2.05) is 29.0 Å².